The number of nitro groups is 1. The molecule has 106 valence electrons. The fourth-order valence-corrected chi connectivity index (χ4v) is 1.96. The molecular formula is C12H17FN2O3S. The number of benzene rings is 1. The summed E-state index contributed by atoms with van der Waals surface area (Å²) in [5.41, 5.74) is 0.132. The predicted molar refractivity (Wildman–Crippen MR) is 72.9 cm³/mol. The van der Waals surface area contributed by atoms with Gasteiger partial charge in [0.2, 0.25) is 5.82 Å². The van der Waals surface area contributed by atoms with Crippen molar-refractivity contribution in [3.8, 4) is 0 Å². The van der Waals surface area contributed by atoms with Gasteiger partial charge in [0, 0.05) is 34.9 Å². The van der Waals surface area contributed by atoms with Crippen LogP contribution in [0.4, 0.5) is 10.1 Å². The second kappa shape index (κ2) is 7.30. The van der Waals surface area contributed by atoms with Gasteiger partial charge in [0.25, 0.3) is 0 Å². The number of halogens is 1. The van der Waals surface area contributed by atoms with Gasteiger partial charge in [-0.15, -0.1) is 0 Å². The highest BCUT2D eigenvalue weighted by molar-refractivity contribution is 7.84. The van der Waals surface area contributed by atoms with E-state index in [1.807, 2.05) is 6.92 Å². The van der Waals surface area contributed by atoms with E-state index in [9.17, 15) is 18.7 Å². The highest BCUT2D eigenvalue weighted by atomic mass is 32.2. The summed E-state index contributed by atoms with van der Waals surface area (Å²) in [7, 11) is -0.845. The minimum Gasteiger partial charge on any atom is -0.313 e. The largest absolute Gasteiger partial charge is 0.313 e. The third-order valence-corrected chi connectivity index (χ3v) is 4.20. The molecule has 0 heterocycles. The van der Waals surface area contributed by atoms with E-state index in [-0.39, 0.29) is 5.25 Å². The zero-order chi connectivity index (χ0) is 14.4. The van der Waals surface area contributed by atoms with Crippen LogP contribution in [0.15, 0.2) is 18.2 Å². The maximum absolute atomic E-state index is 13.3. The van der Waals surface area contributed by atoms with Crippen LogP contribution in [0.25, 0.3) is 0 Å². The van der Waals surface area contributed by atoms with Gasteiger partial charge < -0.3 is 5.32 Å². The molecule has 0 saturated heterocycles. The van der Waals surface area contributed by atoms with Gasteiger partial charge >= 0.3 is 5.69 Å². The van der Waals surface area contributed by atoms with Gasteiger partial charge in [-0.2, -0.15) is 4.39 Å². The van der Waals surface area contributed by atoms with Gasteiger partial charge in [0.05, 0.1) is 4.92 Å². The minimum atomic E-state index is -0.845. The summed E-state index contributed by atoms with van der Waals surface area (Å²) in [5, 5.41) is 13.7. The molecule has 0 fully saturated rings. The first-order valence-corrected chi connectivity index (χ1v) is 7.49. The molecule has 1 N–H and O–H groups in total. The molecule has 7 heteroatoms. The van der Waals surface area contributed by atoms with Crippen LogP contribution in [-0.4, -0.2) is 27.2 Å². The van der Waals surface area contributed by atoms with Gasteiger partial charge in [-0.25, -0.2) is 0 Å². The lowest BCUT2D eigenvalue weighted by Gasteiger charge is -2.09. The van der Waals surface area contributed by atoms with Gasteiger partial charge in [0.15, 0.2) is 0 Å². The monoisotopic (exact) mass is 288 g/mol. The third-order valence-electron chi connectivity index (χ3n) is 2.83. The molecule has 0 saturated carbocycles. The number of nitrogens with zero attached hydrogens (tertiary/aromatic N) is 1. The van der Waals surface area contributed by atoms with Crippen LogP contribution in [0.3, 0.4) is 0 Å². The Kier molecular flexibility index (Phi) is 6.04. The Morgan fingerprint density at radius 3 is 2.74 bits per heavy atom. The lowest BCUT2D eigenvalue weighted by atomic mass is 10.2. The van der Waals surface area contributed by atoms with Crippen molar-refractivity contribution in [3.63, 3.8) is 0 Å². The molecule has 0 radical (unpaired) electrons. The first-order chi connectivity index (χ1) is 8.91. The summed E-state index contributed by atoms with van der Waals surface area (Å²) < 4.78 is 24.5. The van der Waals surface area contributed by atoms with Crippen LogP contribution in [-0.2, 0) is 17.3 Å². The minimum absolute atomic E-state index is 0.112. The Morgan fingerprint density at radius 2 is 2.21 bits per heavy atom. The van der Waals surface area contributed by atoms with Crippen molar-refractivity contribution in [2.24, 2.45) is 0 Å². The van der Waals surface area contributed by atoms with Crippen LogP contribution in [0.5, 0.6) is 0 Å². The van der Waals surface area contributed by atoms with Gasteiger partial charge in [-0.1, -0.05) is 13.0 Å². The molecule has 5 nitrogen and oxygen atoms in total. The average Bonchev–Trinajstić information content (AvgIpc) is 2.33. The lowest BCUT2D eigenvalue weighted by molar-refractivity contribution is -0.387. The Hall–Kier alpha value is -1.34. The predicted octanol–water partition coefficient (Wildman–Crippen LogP) is 1.98. The van der Waals surface area contributed by atoms with Crippen molar-refractivity contribution in [1.29, 1.82) is 0 Å². The number of hydrogen-bond acceptors (Lipinski definition) is 4. The Morgan fingerprint density at radius 1 is 1.53 bits per heavy atom. The maximum atomic E-state index is 13.3. The van der Waals surface area contributed by atoms with Crippen molar-refractivity contribution in [3.05, 3.63) is 39.7 Å². The zero-order valence-corrected chi connectivity index (χ0v) is 11.7. The molecule has 1 rings (SSSR count). The SMILES string of the molecule is CC(CCNCc1ccc([N+](=O)[O-])c(F)c1)S(C)=O. The number of nitro benzene ring substituents is 1. The molecule has 0 aliphatic carbocycles. The van der Waals surface area contributed by atoms with Gasteiger partial charge in [0.1, 0.15) is 0 Å². The Bertz CT molecular complexity index is 482. The topological polar surface area (TPSA) is 72.2 Å². The summed E-state index contributed by atoms with van der Waals surface area (Å²) in [4.78, 5) is 9.71. The van der Waals surface area contributed by atoms with E-state index in [0.29, 0.717) is 18.7 Å². The summed E-state index contributed by atoms with van der Waals surface area (Å²) in [6.45, 7) is 3.00. The number of hydrogen-bond donors (Lipinski definition) is 1. The Balaban J connectivity index is 2.44. The third kappa shape index (κ3) is 5.04. The second-order valence-electron chi connectivity index (χ2n) is 4.32. The van der Waals surface area contributed by atoms with Crippen molar-refractivity contribution in [1.82, 2.24) is 5.32 Å². The molecule has 0 amide bonds. The van der Waals surface area contributed by atoms with E-state index in [1.165, 1.54) is 6.07 Å². The lowest BCUT2D eigenvalue weighted by Crippen LogP contribution is -2.21. The normalized spacial score (nSPS) is 14.1. The first kappa shape index (κ1) is 15.7. The van der Waals surface area contributed by atoms with Gasteiger partial charge in [-0.05, 0) is 24.6 Å². The fourth-order valence-electron chi connectivity index (χ4n) is 1.51. The molecule has 1 aromatic carbocycles. The van der Waals surface area contributed by atoms with Crippen molar-refractivity contribution < 1.29 is 13.5 Å². The maximum Gasteiger partial charge on any atom is 0.304 e. The van der Waals surface area contributed by atoms with Crippen LogP contribution in [0.1, 0.15) is 18.9 Å². The molecule has 2 atom stereocenters. The van der Waals surface area contributed by atoms with Crippen molar-refractivity contribution in [2.75, 3.05) is 12.8 Å². The van der Waals surface area contributed by atoms with Crippen LogP contribution < -0.4 is 5.32 Å². The van der Waals surface area contributed by atoms with E-state index in [4.69, 9.17) is 0 Å². The average molecular weight is 288 g/mol. The first-order valence-electron chi connectivity index (χ1n) is 5.87. The summed E-state index contributed by atoms with van der Waals surface area (Å²) >= 11 is 0. The van der Waals surface area contributed by atoms with Gasteiger partial charge in [-0.3, -0.25) is 14.3 Å². The summed E-state index contributed by atoms with van der Waals surface area (Å²) in [5.74, 6) is -0.827. The number of rotatable bonds is 7. The van der Waals surface area contributed by atoms with E-state index in [0.717, 1.165) is 18.6 Å². The molecular weight excluding hydrogens is 271 g/mol. The quantitative estimate of drug-likeness (QED) is 0.473. The van der Waals surface area contributed by atoms with E-state index in [2.05, 4.69) is 5.32 Å². The molecule has 0 aliphatic heterocycles. The van der Waals surface area contributed by atoms with Crippen LogP contribution in [0, 0.1) is 15.9 Å². The molecule has 0 aromatic heterocycles. The molecule has 19 heavy (non-hydrogen) atoms. The highest BCUT2D eigenvalue weighted by Gasteiger charge is 2.13. The Labute approximate surface area is 113 Å². The van der Waals surface area contributed by atoms with Crippen molar-refractivity contribution in [2.45, 2.75) is 25.1 Å². The van der Waals surface area contributed by atoms with Crippen LogP contribution in [0.2, 0.25) is 0 Å². The van der Waals surface area contributed by atoms with E-state index in [1.54, 1.807) is 6.26 Å². The van der Waals surface area contributed by atoms with E-state index < -0.39 is 27.2 Å². The fraction of sp³-hybridized carbons (Fsp3) is 0.500. The van der Waals surface area contributed by atoms with E-state index >= 15 is 0 Å². The molecule has 0 bridgehead atoms. The number of nitrogens with one attached hydrogen (secondary N) is 1. The zero-order valence-electron chi connectivity index (χ0n) is 10.9. The molecule has 1 aromatic rings. The van der Waals surface area contributed by atoms with Crippen molar-refractivity contribution >= 4 is 16.5 Å². The van der Waals surface area contributed by atoms with Crippen LogP contribution >= 0.6 is 0 Å². The smallest absolute Gasteiger partial charge is 0.304 e. The standard InChI is InChI=1S/C12H17FN2O3S/c1-9(19(2)18)5-6-14-8-10-3-4-12(15(16)17)11(13)7-10/h3-4,7,9,14H,5-6,8H2,1-2H3. The molecule has 2 unspecified atom stereocenters. The summed E-state index contributed by atoms with van der Waals surface area (Å²) in [6, 6.07) is 3.85. The molecule has 0 spiro atoms. The molecule has 0 aliphatic rings. The highest BCUT2D eigenvalue weighted by Crippen LogP contribution is 2.17. The second-order valence-corrected chi connectivity index (χ2v) is 6.12. The summed E-state index contributed by atoms with van der Waals surface area (Å²) in [6.07, 6.45) is 2.43.